The second-order valence-electron chi connectivity index (χ2n) is 6.15. The summed E-state index contributed by atoms with van der Waals surface area (Å²) in [6.45, 7) is 6.07. The highest BCUT2D eigenvalue weighted by Gasteiger charge is 2.34. The van der Waals surface area contributed by atoms with E-state index in [2.05, 4.69) is 18.8 Å². The van der Waals surface area contributed by atoms with Gasteiger partial charge in [0.15, 0.2) is 5.11 Å². The molecule has 28 heavy (non-hydrogen) atoms. The van der Waals surface area contributed by atoms with Gasteiger partial charge in [-0.25, -0.2) is 0 Å². The number of thiocarbonyl (C=S) groups is 1. The Hall–Kier alpha value is -3.25. The number of amides is 2. The number of hydrogen-bond donors (Lipinski definition) is 1. The molecule has 2 aromatic carbocycles. The molecule has 0 bridgehead atoms. The molecule has 0 aliphatic carbocycles. The Morgan fingerprint density at radius 3 is 2.39 bits per heavy atom. The van der Waals surface area contributed by atoms with Crippen LogP contribution < -0.4 is 15.0 Å². The van der Waals surface area contributed by atoms with Crippen molar-refractivity contribution in [2.45, 2.75) is 13.3 Å². The minimum absolute atomic E-state index is 0.0212. The first-order valence-corrected chi connectivity index (χ1v) is 9.28. The van der Waals surface area contributed by atoms with Crippen LogP contribution in [-0.4, -0.2) is 23.5 Å². The first kappa shape index (κ1) is 19.5. The van der Waals surface area contributed by atoms with E-state index >= 15 is 0 Å². The summed E-state index contributed by atoms with van der Waals surface area (Å²) in [4.78, 5) is 26.7. The number of aryl methyl sites for hydroxylation is 1. The number of hydrogen-bond acceptors (Lipinski definition) is 4. The summed E-state index contributed by atoms with van der Waals surface area (Å²) in [5.74, 6) is -0.284. The summed E-state index contributed by atoms with van der Waals surface area (Å²) >= 11 is 5.22. The molecule has 0 spiro atoms. The van der Waals surface area contributed by atoms with Crippen molar-refractivity contribution in [2.75, 3.05) is 11.5 Å². The Labute approximate surface area is 169 Å². The van der Waals surface area contributed by atoms with Crippen molar-refractivity contribution < 1.29 is 14.3 Å². The quantitative estimate of drug-likeness (QED) is 0.353. The number of carbonyl (C=O) groups excluding carboxylic acids is 2. The molecule has 1 saturated heterocycles. The predicted octanol–water partition coefficient (Wildman–Crippen LogP) is 3.65. The summed E-state index contributed by atoms with van der Waals surface area (Å²) < 4.78 is 5.44. The molecule has 2 aromatic rings. The molecule has 1 fully saturated rings. The number of nitrogens with zero attached hydrogens (tertiary/aromatic N) is 1. The third kappa shape index (κ3) is 4.18. The van der Waals surface area contributed by atoms with Crippen molar-refractivity contribution in [2.24, 2.45) is 0 Å². The second-order valence-corrected chi connectivity index (χ2v) is 6.53. The molecule has 142 valence electrons. The first-order valence-electron chi connectivity index (χ1n) is 8.87. The van der Waals surface area contributed by atoms with Crippen LogP contribution in [0.15, 0.2) is 66.8 Å². The Kier molecular flexibility index (Phi) is 6.01. The molecule has 3 rings (SSSR count). The van der Waals surface area contributed by atoms with Crippen LogP contribution in [0.2, 0.25) is 0 Å². The fourth-order valence-corrected chi connectivity index (χ4v) is 3.04. The number of nitrogens with one attached hydrogen (secondary N) is 1. The molecule has 2 amide bonds. The van der Waals surface area contributed by atoms with Crippen LogP contribution in [0.5, 0.6) is 5.75 Å². The van der Waals surface area contributed by atoms with E-state index in [9.17, 15) is 9.59 Å². The molecule has 1 aliphatic rings. The van der Waals surface area contributed by atoms with Crippen molar-refractivity contribution in [1.29, 1.82) is 0 Å². The maximum absolute atomic E-state index is 13.0. The molecule has 1 aliphatic heterocycles. The molecule has 6 heteroatoms. The van der Waals surface area contributed by atoms with Crippen LogP contribution in [-0.2, 0) is 16.0 Å². The van der Waals surface area contributed by atoms with Crippen LogP contribution in [0.4, 0.5) is 5.69 Å². The lowest BCUT2D eigenvalue weighted by atomic mass is 10.1. The minimum Gasteiger partial charge on any atom is -0.490 e. The highest BCUT2D eigenvalue weighted by atomic mass is 32.1. The van der Waals surface area contributed by atoms with Crippen LogP contribution >= 0.6 is 12.2 Å². The monoisotopic (exact) mass is 392 g/mol. The Morgan fingerprint density at radius 1 is 1.11 bits per heavy atom. The lowest BCUT2D eigenvalue weighted by Gasteiger charge is -2.29. The zero-order valence-electron chi connectivity index (χ0n) is 15.5. The largest absolute Gasteiger partial charge is 0.490 e. The van der Waals surface area contributed by atoms with Crippen molar-refractivity contribution in [3.05, 3.63) is 77.9 Å². The Morgan fingerprint density at radius 2 is 1.79 bits per heavy atom. The van der Waals surface area contributed by atoms with E-state index in [4.69, 9.17) is 17.0 Å². The van der Waals surface area contributed by atoms with Crippen LogP contribution in [0.1, 0.15) is 18.1 Å². The zero-order chi connectivity index (χ0) is 20.1. The number of ether oxygens (including phenoxy) is 1. The van der Waals surface area contributed by atoms with E-state index in [1.165, 1.54) is 4.90 Å². The van der Waals surface area contributed by atoms with Crippen LogP contribution in [0, 0.1) is 0 Å². The molecule has 1 N–H and O–H groups in total. The number of anilines is 1. The van der Waals surface area contributed by atoms with E-state index < -0.39 is 11.8 Å². The van der Waals surface area contributed by atoms with Gasteiger partial charge < -0.3 is 4.74 Å². The summed E-state index contributed by atoms with van der Waals surface area (Å²) in [7, 11) is 0. The second kappa shape index (κ2) is 8.63. The molecule has 0 unspecified atom stereocenters. The van der Waals surface area contributed by atoms with Crippen molar-refractivity contribution in [1.82, 2.24) is 5.32 Å². The highest BCUT2D eigenvalue weighted by molar-refractivity contribution is 7.80. The minimum atomic E-state index is -0.511. The van der Waals surface area contributed by atoms with E-state index in [-0.39, 0.29) is 10.7 Å². The van der Waals surface area contributed by atoms with Gasteiger partial charge in [0.25, 0.3) is 11.8 Å². The molecule has 0 radical (unpaired) electrons. The molecular formula is C22H20N2O3S. The van der Waals surface area contributed by atoms with Gasteiger partial charge in [0.2, 0.25) is 0 Å². The fraction of sp³-hybridized carbons (Fsp3) is 0.136. The molecule has 5 nitrogen and oxygen atoms in total. The number of rotatable bonds is 6. The first-order chi connectivity index (χ1) is 13.5. The molecular weight excluding hydrogens is 372 g/mol. The van der Waals surface area contributed by atoms with Gasteiger partial charge in [-0.2, -0.15) is 0 Å². The average Bonchev–Trinajstić information content (AvgIpc) is 2.71. The maximum Gasteiger partial charge on any atom is 0.270 e. The lowest BCUT2D eigenvalue weighted by molar-refractivity contribution is -0.122. The molecule has 0 aromatic heterocycles. The van der Waals surface area contributed by atoms with E-state index in [0.29, 0.717) is 23.6 Å². The van der Waals surface area contributed by atoms with Gasteiger partial charge in [-0.1, -0.05) is 43.8 Å². The zero-order valence-corrected chi connectivity index (χ0v) is 16.3. The number of benzene rings is 2. The standard InChI is InChI=1S/C22H20N2O3S/c1-3-13-27-18-11-7-16(8-12-18)14-19-20(25)23-22(28)24(21(19)26)17-9-5-15(4-2)6-10-17/h3,5-12,14H,1,4,13H2,2H3,(H,23,25,28)/b19-14+. The SMILES string of the molecule is C=CCOc1ccc(/C=C2\C(=O)NC(=S)N(c3ccc(CC)cc3)C2=O)cc1. The molecule has 0 atom stereocenters. The third-order valence-electron chi connectivity index (χ3n) is 4.26. The van der Waals surface area contributed by atoms with E-state index in [1.807, 2.05) is 24.3 Å². The van der Waals surface area contributed by atoms with Crippen LogP contribution in [0.25, 0.3) is 6.08 Å². The van der Waals surface area contributed by atoms with Gasteiger partial charge in [-0.15, -0.1) is 0 Å². The topological polar surface area (TPSA) is 58.6 Å². The summed E-state index contributed by atoms with van der Waals surface area (Å²) in [5, 5.41) is 2.66. The van der Waals surface area contributed by atoms with Gasteiger partial charge in [0.05, 0.1) is 5.69 Å². The van der Waals surface area contributed by atoms with Gasteiger partial charge in [-0.3, -0.25) is 19.8 Å². The Balaban J connectivity index is 1.88. The third-order valence-corrected chi connectivity index (χ3v) is 4.55. The summed E-state index contributed by atoms with van der Waals surface area (Å²) in [5.41, 5.74) is 2.50. The maximum atomic E-state index is 13.0. The van der Waals surface area contributed by atoms with Crippen molar-refractivity contribution in [3.8, 4) is 5.75 Å². The summed E-state index contributed by atoms with van der Waals surface area (Å²) in [6, 6.07) is 14.6. The van der Waals surface area contributed by atoms with Crippen molar-refractivity contribution >= 4 is 40.9 Å². The predicted molar refractivity (Wildman–Crippen MR) is 114 cm³/mol. The van der Waals surface area contributed by atoms with Gasteiger partial charge >= 0.3 is 0 Å². The number of carbonyl (C=O) groups is 2. The smallest absolute Gasteiger partial charge is 0.270 e. The van der Waals surface area contributed by atoms with E-state index in [0.717, 1.165) is 12.0 Å². The van der Waals surface area contributed by atoms with Gasteiger partial charge in [0.1, 0.15) is 17.9 Å². The van der Waals surface area contributed by atoms with Gasteiger partial charge in [-0.05, 0) is 60.1 Å². The van der Waals surface area contributed by atoms with Gasteiger partial charge in [0, 0.05) is 0 Å². The summed E-state index contributed by atoms with van der Waals surface area (Å²) in [6.07, 6.45) is 4.10. The van der Waals surface area contributed by atoms with E-state index in [1.54, 1.807) is 36.4 Å². The fourth-order valence-electron chi connectivity index (χ4n) is 2.75. The highest BCUT2D eigenvalue weighted by Crippen LogP contribution is 2.23. The Bertz CT molecular complexity index is 947. The molecule has 0 saturated carbocycles. The van der Waals surface area contributed by atoms with Crippen molar-refractivity contribution in [3.63, 3.8) is 0 Å². The lowest BCUT2D eigenvalue weighted by Crippen LogP contribution is -2.54. The van der Waals surface area contributed by atoms with Crippen LogP contribution in [0.3, 0.4) is 0 Å². The normalized spacial score (nSPS) is 15.5. The average molecular weight is 392 g/mol. The molecule has 1 heterocycles.